The summed E-state index contributed by atoms with van der Waals surface area (Å²) >= 11 is 0. The van der Waals surface area contributed by atoms with Gasteiger partial charge in [0, 0.05) is 18.0 Å². The van der Waals surface area contributed by atoms with Crippen LogP contribution in [0, 0.1) is 0 Å². The van der Waals surface area contributed by atoms with Gasteiger partial charge < -0.3 is 24.4 Å². The van der Waals surface area contributed by atoms with E-state index in [0.717, 1.165) is 16.8 Å². The van der Waals surface area contributed by atoms with Crippen LogP contribution in [0.2, 0.25) is 0 Å². The fourth-order valence-electron chi connectivity index (χ4n) is 3.70. The second-order valence-corrected chi connectivity index (χ2v) is 11.6. The van der Waals surface area contributed by atoms with Crippen LogP contribution in [0.4, 0.5) is 10.5 Å². The van der Waals surface area contributed by atoms with Crippen molar-refractivity contribution in [3.05, 3.63) is 99.3 Å². The van der Waals surface area contributed by atoms with E-state index < -0.39 is 70.7 Å². The van der Waals surface area contributed by atoms with E-state index in [1.54, 1.807) is 60.7 Å². The Morgan fingerprint density at radius 3 is 2.27 bits per heavy atom. The third kappa shape index (κ3) is 8.53. The number of rotatable bonds is 11. The highest BCUT2D eigenvalue weighted by atomic mass is 31.3. The van der Waals surface area contributed by atoms with Crippen LogP contribution in [0.25, 0.3) is 0 Å². The van der Waals surface area contributed by atoms with Crippen LogP contribution in [0.5, 0.6) is 0 Å². The van der Waals surface area contributed by atoms with E-state index in [2.05, 4.69) is 9.63 Å². The van der Waals surface area contributed by atoms with Crippen LogP contribution in [-0.2, 0) is 38.6 Å². The first-order chi connectivity index (χ1) is 19.4. The lowest BCUT2D eigenvalue weighted by molar-refractivity contribution is -0.0552. The van der Waals surface area contributed by atoms with Gasteiger partial charge in [0.2, 0.25) is 0 Å². The number of nitrogens with zero attached hydrogens (tertiary/aromatic N) is 1. The molecule has 16 nitrogen and oxygen atoms in total. The molecule has 6 atom stereocenters. The van der Waals surface area contributed by atoms with E-state index in [0.29, 0.717) is 11.3 Å². The number of phosphoric ester groups is 2. The Kier molecular flexibility index (Phi) is 9.71. The number of benzene rings is 2. The predicted octanol–water partition coefficient (Wildman–Crippen LogP) is 1.86. The Hall–Kier alpha value is -3.43. The molecule has 2 aromatic carbocycles. The van der Waals surface area contributed by atoms with Gasteiger partial charge in [-0.1, -0.05) is 48.5 Å². The molecule has 1 aliphatic heterocycles. The van der Waals surface area contributed by atoms with Gasteiger partial charge in [0.25, 0.3) is 5.56 Å². The number of aliphatic hydroxyl groups excluding tert-OH is 1. The number of aromatic nitrogens is 2. The summed E-state index contributed by atoms with van der Waals surface area (Å²) in [4.78, 5) is 58.2. The number of phosphoric acid groups is 2. The molecule has 4 rings (SSSR count). The Labute approximate surface area is 231 Å². The van der Waals surface area contributed by atoms with Gasteiger partial charge in [-0.25, -0.2) is 18.7 Å². The number of hydrogen-bond acceptors (Lipinski definition) is 11. The first-order valence-electron chi connectivity index (χ1n) is 11.8. The Bertz CT molecular complexity index is 1550. The van der Waals surface area contributed by atoms with Crippen molar-refractivity contribution in [2.24, 2.45) is 0 Å². The second-order valence-electron chi connectivity index (χ2n) is 8.51. The number of carbonyl (C=O) groups is 1. The largest absolute Gasteiger partial charge is 0.481 e. The molecule has 1 fully saturated rings. The van der Waals surface area contributed by atoms with Crippen molar-refractivity contribution < 1.29 is 51.6 Å². The van der Waals surface area contributed by atoms with E-state index in [1.807, 2.05) is 4.98 Å². The number of carbonyl (C=O) groups excluding carboxylic acids is 1. The summed E-state index contributed by atoms with van der Waals surface area (Å²) in [6.07, 6.45) is -6.41. The summed E-state index contributed by atoms with van der Waals surface area (Å²) in [5.41, 5.74) is -0.871. The fraction of sp³-hybridized carbons (Fsp3) is 0.261. The van der Waals surface area contributed by atoms with Crippen LogP contribution in [0.1, 0.15) is 11.8 Å². The van der Waals surface area contributed by atoms with Crippen LogP contribution >= 0.6 is 15.6 Å². The zero-order valence-electron chi connectivity index (χ0n) is 20.9. The molecule has 41 heavy (non-hydrogen) atoms. The van der Waals surface area contributed by atoms with Crippen molar-refractivity contribution in [2.45, 2.75) is 31.1 Å². The summed E-state index contributed by atoms with van der Waals surface area (Å²) in [7, 11) is -10.4. The normalized spacial score (nSPS) is 23.3. The van der Waals surface area contributed by atoms with Crippen LogP contribution < -0.4 is 16.6 Å². The molecule has 1 aromatic heterocycles. The van der Waals surface area contributed by atoms with E-state index >= 15 is 0 Å². The Balaban J connectivity index is 1.44. The van der Waals surface area contributed by atoms with Crippen molar-refractivity contribution in [1.82, 2.24) is 9.55 Å². The maximum absolute atomic E-state index is 12.5. The van der Waals surface area contributed by atoms with Gasteiger partial charge in [0.15, 0.2) is 12.3 Å². The minimum atomic E-state index is -5.28. The van der Waals surface area contributed by atoms with Crippen LogP contribution in [0.3, 0.4) is 0 Å². The molecule has 3 aromatic rings. The summed E-state index contributed by atoms with van der Waals surface area (Å²) in [5.74, 6) is 0. The lowest BCUT2D eigenvalue weighted by Gasteiger charge is -2.22. The van der Waals surface area contributed by atoms with Gasteiger partial charge in [0.05, 0.1) is 13.2 Å². The number of H-pyrrole nitrogens is 1. The molecule has 6 unspecified atom stereocenters. The van der Waals surface area contributed by atoms with Crippen molar-refractivity contribution >= 4 is 27.4 Å². The highest BCUT2D eigenvalue weighted by molar-refractivity contribution is 7.61. The smallest absolute Gasteiger partial charge is 0.438 e. The zero-order chi connectivity index (χ0) is 29.6. The molecule has 2 heterocycles. The van der Waals surface area contributed by atoms with Crippen molar-refractivity contribution in [2.75, 3.05) is 11.9 Å². The summed E-state index contributed by atoms with van der Waals surface area (Å²) in [6, 6.07) is 17.3. The lowest BCUT2D eigenvalue weighted by atomic mass is 10.1. The van der Waals surface area contributed by atoms with E-state index in [-0.39, 0.29) is 0 Å². The molecular weight excluding hydrogens is 588 g/mol. The highest BCUT2D eigenvalue weighted by Gasteiger charge is 2.49. The average Bonchev–Trinajstić information content (AvgIpc) is 3.21. The third-order valence-corrected chi connectivity index (χ3v) is 8.13. The molecule has 0 saturated carbocycles. The van der Waals surface area contributed by atoms with Crippen molar-refractivity contribution in [1.29, 1.82) is 0 Å². The molecule has 0 bridgehead atoms. The van der Waals surface area contributed by atoms with Crippen molar-refractivity contribution in [3.63, 3.8) is 0 Å². The minimum Gasteiger partial charge on any atom is -0.438 e. The maximum Gasteiger partial charge on any atom is 0.481 e. The Morgan fingerprint density at radius 1 is 0.976 bits per heavy atom. The molecule has 5 N–H and O–H groups in total. The predicted molar refractivity (Wildman–Crippen MR) is 139 cm³/mol. The van der Waals surface area contributed by atoms with Gasteiger partial charge in [-0.05, 0) is 17.7 Å². The number of amides is 1. The van der Waals surface area contributed by atoms with Gasteiger partial charge in [-0.2, -0.15) is 4.31 Å². The molecule has 0 aliphatic carbocycles. The molecule has 1 saturated heterocycles. The lowest BCUT2D eigenvalue weighted by Crippen LogP contribution is -2.41. The highest BCUT2D eigenvalue weighted by Crippen LogP contribution is 2.60. The Morgan fingerprint density at radius 2 is 1.61 bits per heavy atom. The van der Waals surface area contributed by atoms with Gasteiger partial charge in [-0.15, -0.1) is 0 Å². The zero-order valence-corrected chi connectivity index (χ0v) is 22.7. The average molecular weight is 613 g/mol. The summed E-state index contributed by atoms with van der Waals surface area (Å²) in [5, 5.41) is 13.3. The fourth-order valence-corrected chi connectivity index (χ4v) is 5.77. The van der Waals surface area contributed by atoms with Crippen LogP contribution in [-0.4, -0.2) is 55.5 Å². The van der Waals surface area contributed by atoms with E-state index in [1.165, 1.54) is 0 Å². The number of anilines is 1. The standard InChI is InChI=1S/C23H25N3O13P2/c27-18-11-12-26(22(29)25-18)21-20(38-23(30)24-16-9-5-2-6-10-16)19(28)17(37-21)14-36-41(33,34)39-40(31,32)35-13-15-7-3-1-4-8-15/h1-12,17,19-21,28H,13-14H2,(H,24,30)(H,31,32)(H,33,34)(H,25,27,29). The number of hydrogen-bond donors (Lipinski definition) is 5. The van der Waals surface area contributed by atoms with E-state index in [4.69, 9.17) is 18.5 Å². The number of aliphatic hydroxyl groups is 1. The molecule has 18 heteroatoms. The van der Waals surface area contributed by atoms with Gasteiger partial charge in [0.1, 0.15) is 12.2 Å². The van der Waals surface area contributed by atoms with E-state index in [9.17, 15) is 38.4 Å². The first-order valence-corrected chi connectivity index (χ1v) is 14.8. The first kappa shape index (κ1) is 30.5. The number of para-hydroxylation sites is 1. The summed E-state index contributed by atoms with van der Waals surface area (Å²) in [6.45, 7) is -1.35. The second kappa shape index (κ2) is 13.0. The van der Waals surface area contributed by atoms with Crippen molar-refractivity contribution in [3.8, 4) is 0 Å². The SMILES string of the molecule is O=C(Nc1ccccc1)OC1C(O)C(COP(=O)(O)OP(=O)(O)OCc2ccccc2)OC1n1ccc(=O)[nH]c1=O. The number of nitrogens with one attached hydrogen (secondary N) is 2. The topological polar surface area (TPSA) is 225 Å². The van der Waals surface area contributed by atoms with Crippen LogP contribution in [0.15, 0.2) is 82.5 Å². The van der Waals surface area contributed by atoms with Gasteiger partial charge >= 0.3 is 27.4 Å². The molecule has 1 aliphatic rings. The molecule has 0 radical (unpaired) electrons. The molecule has 1 amide bonds. The molecule has 220 valence electrons. The number of aromatic amines is 1. The maximum atomic E-state index is 12.5. The molecule has 0 spiro atoms. The third-order valence-electron chi connectivity index (χ3n) is 5.55. The van der Waals surface area contributed by atoms with Gasteiger partial charge in [-0.3, -0.25) is 28.7 Å². The minimum absolute atomic E-state index is 0.352. The number of ether oxygens (including phenoxy) is 2. The monoisotopic (exact) mass is 613 g/mol. The molecular formula is C23H25N3O13P2. The quantitative estimate of drug-likeness (QED) is 0.195. The summed E-state index contributed by atoms with van der Waals surface area (Å²) < 4.78 is 50.0.